The molecule has 27 heavy (non-hydrogen) atoms. The third kappa shape index (κ3) is 3.28. The highest BCUT2D eigenvalue weighted by molar-refractivity contribution is 7.99. The number of hydrogen-bond donors (Lipinski definition) is 1. The number of rotatable bonds is 3. The maximum atomic E-state index is 13.3. The van der Waals surface area contributed by atoms with Gasteiger partial charge in [-0.3, -0.25) is 4.79 Å². The van der Waals surface area contributed by atoms with Gasteiger partial charge in [0, 0.05) is 11.3 Å². The van der Waals surface area contributed by atoms with Crippen molar-refractivity contribution in [2.45, 2.75) is 11.4 Å². The summed E-state index contributed by atoms with van der Waals surface area (Å²) in [5, 5.41) is 11.1. The van der Waals surface area contributed by atoms with Crippen molar-refractivity contribution in [2.75, 3.05) is 5.75 Å². The molecular formula is C21H16FNO3S. The van der Waals surface area contributed by atoms with E-state index in [1.165, 1.54) is 28.8 Å². The first-order valence-electron chi connectivity index (χ1n) is 8.46. The quantitative estimate of drug-likeness (QED) is 0.734. The summed E-state index contributed by atoms with van der Waals surface area (Å²) >= 11 is 1.37. The first kappa shape index (κ1) is 17.5. The number of carbonyl (C=O) groups excluding carboxylic acids is 1. The average molecular weight is 381 g/mol. The molecule has 1 saturated heterocycles. The Morgan fingerprint density at radius 3 is 2.41 bits per heavy atom. The minimum Gasteiger partial charge on any atom is -0.480 e. The molecule has 4 rings (SSSR count). The van der Waals surface area contributed by atoms with Crippen LogP contribution in [0.3, 0.4) is 0 Å². The van der Waals surface area contributed by atoms with Crippen molar-refractivity contribution in [3.8, 4) is 0 Å². The fourth-order valence-electron chi connectivity index (χ4n) is 3.30. The first-order valence-corrected chi connectivity index (χ1v) is 9.51. The number of benzene rings is 3. The SMILES string of the molecule is O=C(O)C1CSC(c2ccc(F)cc2)N1C(=O)c1ccc2ccccc2c1. The lowest BCUT2D eigenvalue weighted by Gasteiger charge is -2.28. The second-order valence-corrected chi connectivity index (χ2v) is 7.48. The lowest BCUT2D eigenvalue weighted by atomic mass is 10.0. The molecule has 1 amide bonds. The molecule has 0 aliphatic carbocycles. The summed E-state index contributed by atoms with van der Waals surface area (Å²) in [5.74, 6) is -1.46. The molecule has 1 aliphatic heterocycles. The molecule has 3 aromatic rings. The zero-order valence-corrected chi connectivity index (χ0v) is 15.0. The summed E-state index contributed by atoms with van der Waals surface area (Å²) in [6, 6.07) is 17.9. The van der Waals surface area contributed by atoms with E-state index in [2.05, 4.69) is 0 Å². The Balaban J connectivity index is 1.74. The topological polar surface area (TPSA) is 57.6 Å². The smallest absolute Gasteiger partial charge is 0.327 e. The lowest BCUT2D eigenvalue weighted by Crippen LogP contribution is -2.42. The number of amides is 1. The van der Waals surface area contributed by atoms with Gasteiger partial charge in [-0.15, -0.1) is 11.8 Å². The molecular weight excluding hydrogens is 365 g/mol. The zero-order valence-electron chi connectivity index (χ0n) is 14.2. The zero-order chi connectivity index (χ0) is 19.0. The van der Waals surface area contributed by atoms with Crippen molar-refractivity contribution < 1.29 is 19.1 Å². The lowest BCUT2D eigenvalue weighted by molar-refractivity contribution is -0.141. The first-order chi connectivity index (χ1) is 13.0. The number of thioether (sulfide) groups is 1. The van der Waals surface area contributed by atoms with Crippen LogP contribution in [0, 0.1) is 5.82 Å². The third-order valence-electron chi connectivity index (χ3n) is 4.67. The number of carbonyl (C=O) groups is 2. The van der Waals surface area contributed by atoms with Gasteiger partial charge in [0.2, 0.25) is 0 Å². The molecule has 1 aliphatic rings. The summed E-state index contributed by atoms with van der Waals surface area (Å²) in [7, 11) is 0. The fraction of sp³-hybridized carbons (Fsp3) is 0.143. The molecule has 6 heteroatoms. The highest BCUT2D eigenvalue weighted by Crippen LogP contribution is 2.42. The van der Waals surface area contributed by atoms with Crippen molar-refractivity contribution in [1.82, 2.24) is 4.90 Å². The van der Waals surface area contributed by atoms with Gasteiger partial charge in [-0.2, -0.15) is 0 Å². The number of nitrogens with zero attached hydrogens (tertiary/aromatic N) is 1. The van der Waals surface area contributed by atoms with Crippen LogP contribution in [-0.4, -0.2) is 33.7 Å². The van der Waals surface area contributed by atoms with E-state index in [-0.39, 0.29) is 17.5 Å². The van der Waals surface area contributed by atoms with Gasteiger partial charge in [0.05, 0.1) is 0 Å². The number of fused-ring (bicyclic) bond motifs is 1. The highest BCUT2D eigenvalue weighted by atomic mass is 32.2. The van der Waals surface area contributed by atoms with Crippen molar-refractivity contribution >= 4 is 34.4 Å². The summed E-state index contributed by atoms with van der Waals surface area (Å²) in [4.78, 5) is 26.3. The van der Waals surface area contributed by atoms with Crippen LogP contribution in [0.5, 0.6) is 0 Å². The van der Waals surface area contributed by atoms with Crippen LogP contribution in [0.2, 0.25) is 0 Å². The van der Waals surface area contributed by atoms with Crippen LogP contribution in [0.1, 0.15) is 21.3 Å². The second kappa shape index (κ2) is 7.04. The van der Waals surface area contributed by atoms with Gasteiger partial charge in [-0.05, 0) is 40.6 Å². The van der Waals surface area contributed by atoms with E-state index in [1.54, 1.807) is 24.3 Å². The molecule has 2 atom stereocenters. The summed E-state index contributed by atoms with van der Waals surface area (Å²) < 4.78 is 13.3. The summed E-state index contributed by atoms with van der Waals surface area (Å²) in [6.45, 7) is 0. The molecule has 0 spiro atoms. The van der Waals surface area contributed by atoms with Crippen LogP contribution in [-0.2, 0) is 4.79 Å². The molecule has 3 aromatic carbocycles. The molecule has 0 radical (unpaired) electrons. The Bertz CT molecular complexity index is 1020. The van der Waals surface area contributed by atoms with Crippen molar-refractivity contribution in [3.05, 3.63) is 83.7 Å². The molecule has 1 heterocycles. The van der Waals surface area contributed by atoms with Gasteiger partial charge in [0.15, 0.2) is 0 Å². The van der Waals surface area contributed by atoms with E-state index in [0.29, 0.717) is 11.1 Å². The van der Waals surface area contributed by atoms with Gasteiger partial charge in [-0.1, -0.05) is 42.5 Å². The maximum absolute atomic E-state index is 13.3. The van der Waals surface area contributed by atoms with E-state index < -0.39 is 17.4 Å². The van der Waals surface area contributed by atoms with Gasteiger partial charge in [0.1, 0.15) is 17.2 Å². The highest BCUT2D eigenvalue weighted by Gasteiger charge is 2.42. The normalized spacial score (nSPS) is 19.4. The van der Waals surface area contributed by atoms with E-state index >= 15 is 0 Å². The van der Waals surface area contributed by atoms with Crippen LogP contribution < -0.4 is 0 Å². The fourth-order valence-corrected chi connectivity index (χ4v) is 4.72. The number of carboxylic acids is 1. The van der Waals surface area contributed by atoms with E-state index in [9.17, 15) is 19.1 Å². The van der Waals surface area contributed by atoms with Gasteiger partial charge < -0.3 is 10.0 Å². The monoisotopic (exact) mass is 381 g/mol. The van der Waals surface area contributed by atoms with Crippen molar-refractivity contribution in [2.24, 2.45) is 0 Å². The van der Waals surface area contributed by atoms with E-state index in [1.807, 2.05) is 30.3 Å². The Labute approximate surface area is 159 Å². The second-order valence-electron chi connectivity index (χ2n) is 6.37. The molecule has 2 unspecified atom stereocenters. The Morgan fingerprint density at radius 2 is 1.70 bits per heavy atom. The Kier molecular flexibility index (Phi) is 4.58. The average Bonchev–Trinajstić information content (AvgIpc) is 3.13. The molecule has 4 nitrogen and oxygen atoms in total. The predicted molar refractivity (Wildman–Crippen MR) is 103 cm³/mol. The molecule has 0 bridgehead atoms. The van der Waals surface area contributed by atoms with Crippen LogP contribution in [0.4, 0.5) is 4.39 Å². The van der Waals surface area contributed by atoms with Crippen LogP contribution in [0.25, 0.3) is 10.8 Å². The summed E-state index contributed by atoms with van der Waals surface area (Å²) in [6.07, 6.45) is 0. The number of halogens is 1. The number of carboxylic acid groups (broad SMARTS) is 1. The van der Waals surface area contributed by atoms with Crippen LogP contribution in [0.15, 0.2) is 66.7 Å². The minimum absolute atomic E-state index is 0.288. The number of aliphatic carboxylic acids is 1. The summed E-state index contributed by atoms with van der Waals surface area (Å²) in [5.41, 5.74) is 1.15. The Morgan fingerprint density at radius 1 is 1.00 bits per heavy atom. The van der Waals surface area contributed by atoms with Crippen molar-refractivity contribution in [3.63, 3.8) is 0 Å². The maximum Gasteiger partial charge on any atom is 0.327 e. The molecule has 136 valence electrons. The predicted octanol–water partition coefficient (Wildman–Crippen LogP) is 4.32. The standard InChI is InChI=1S/C21H16FNO3S/c22-17-9-7-14(8-10-17)20-23(18(12-27-20)21(25)26)19(24)16-6-5-13-3-1-2-4-15(13)11-16/h1-11,18,20H,12H2,(H,25,26). The van der Waals surface area contributed by atoms with Crippen LogP contribution >= 0.6 is 11.8 Å². The third-order valence-corrected chi connectivity index (χ3v) is 5.99. The van der Waals surface area contributed by atoms with Gasteiger partial charge >= 0.3 is 5.97 Å². The molecule has 1 N–H and O–H groups in total. The van der Waals surface area contributed by atoms with Gasteiger partial charge in [0.25, 0.3) is 5.91 Å². The van der Waals surface area contributed by atoms with E-state index in [0.717, 1.165) is 10.8 Å². The van der Waals surface area contributed by atoms with Gasteiger partial charge in [-0.25, -0.2) is 9.18 Å². The molecule has 1 fully saturated rings. The van der Waals surface area contributed by atoms with Crippen molar-refractivity contribution in [1.29, 1.82) is 0 Å². The van der Waals surface area contributed by atoms with E-state index in [4.69, 9.17) is 0 Å². The molecule has 0 aromatic heterocycles. The number of hydrogen-bond acceptors (Lipinski definition) is 3. The Hall–Kier alpha value is -2.86. The largest absolute Gasteiger partial charge is 0.480 e. The minimum atomic E-state index is -1.04. The molecule has 0 saturated carbocycles.